The summed E-state index contributed by atoms with van der Waals surface area (Å²) in [5.41, 5.74) is 0. The molecule has 2 heteroatoms. The maximum atomic E-state index is 3.78. The van der Waals surface area contributed by atoms with Gasteiger partial charge < -0.3 is 9.80 Å². The fourth-order valence-corrected chi connectivity index (χ4v) is 4.35. The van der Waals surface area contributed by atoms with E-state index in [1.54, 1.807) is 0 Å². The fraction of sp³-hybridized carbons (Fsp3) is 1.00. The predicted octanol–water partition coefficient (Wildman–Crippen LogP) is 1.51. The van der Waals surface area contributed by atoms with Gasteiger partial charge in [0.05, 0.1) is 25.2 Å². The van der Waals surface area contributed by atoms with Crippen LogP contribution in [-0.2, 0) is 0 Å². The third-order valence-corrected chi connectivity index (χ3v) is 5.38. The summed E-state index contributed by atoms with van der Waals surface area (Å²) < 4.78 is 1.37. The molecule has 0 unspecified atom stereocenters. The number of nitrogens with one attached hydrogen (secondary N) is 1. The van der Waals surface area contributed by atoms with Gasteiger partial charge in [0, 0.05) is 37.8 Å². The highest BCUT2D eigenvalue weighted by atomic mass is 15.4. The number of hydrogen-bond donors (Lipinski definition) is 1. The van der Waals surface area contributed by atoms with E-state index in [9.17, 15) is 0 Å². The van der Waals surface area contributed by atoms with Crippen LogP contribution in [0.4, 0.5) is 0 Å². The number of quaternary nitrogens is 1. The Morgan fingerprint density at radius 1 is 1.00 bits per heavy atom. The predicted molar refractivity (Wildman–Crippen MR) is 58.1 cm³/mol. The molecule has 4 aliphatic rings. The SMILES string of the molecule is CC(C)[N+]1(C)C2CC3CC1CC(C2)N3. The summed E-state index contributed by atoms with van der Waals surface area (Å²) in [6.07, 6.45) is 5.73. The van der Waals surface area contributed by atoms with Crippen LogP contribution in [0.15, 0.2) is 0 Å². The van der Waals surface area contributed by atoms with Crippen molar-refractivity contribution >= 4 is 0 Å². The number of hydrogen-bond acceptors (Lipinski definition) is 1. The maximum absolute atomic E-state index is 3.78. The third kappa shape index (κ3) is 0.989. The van der Waals surface area contributed by atoms with Gasteiger partial charge in [0.15, 0.2) is 0 Å². The lowest BCUT2D eigenvalue weighted by Crippen LogP contribution is -2.76. The van der Waals surface area contributed by atoms with Crippen molar-refractivity contribution in [1.29, 1.82) is 0 Å². The number of piperidine rings is 4. The van der Waals surface area contributed by atoms with Crippen molar-refractivity contribution in [2.24, 2.45) is 0 Å². The lowest BCUT2D eigenvalue weighted by molar-refractivity contribution is -0.987. The van der Waals surface area contributed by atoms with Crippen molar-refractivity contribution in [3.05, 3.63) is 0 Å². The molecule has 4 heterocycles. The minimum absolute atomic E-state index is 0.810. The van der Waals surface area contributed by atoms with E-state index in [0.29, 0.717) is 0 Å². The zero-order valence-electron chi connectivity index (χ0n) is 9.66. The van der Waals surface area contributed by atoms with Crippen LogP contribution >= 0.6 is 0 Å². The maximum Gasteiger partial charge on any atom is 0.0922 e. The van der Waals surface area contributed by atoms with E-state index in [1.807, 2.05) is 0 Å². The van der Waals surface area contributed by atoms with Gasteiger partial charge in [-0.2, -0.15) is 0 Å². The highest BCUT2D eigenvalue weighted by molar-refractivity contribution is 4.99. The molecule has 4 saturated heterocycles. The number of rotatable bonds is 1. The van der Waals surface area contributed by atoms with E-state index >= 15 is 0 Å². The zero-order chi connectivity index (χ0) is 9.92. The second-order valence-electron chi connectivity index (χ2n) is 6.13. The van der Waals surface area contributed by atoms with Gasteiger partial charge in [-0.25, -0.2) is 0 Å². The van der Waals surface area contributed by atoms with E-state index in [1.165, 1.54) is 30.2 Å². The van der Waals surface area contributed by atoms with Gasteiger partial charge in [0.2, 0.25) is 0 Å². The van der Waals surface area contributed by atoms with Gasteiger partial charge in [-0.15, -0.1) is 0 Å². The van der Waals surface area contributed by atoms with Crippen molar-refractivity contribution in [2.45, 2.75) is 69.7 Å². The topological polar surface area (TPSA) is 12.0 Å². The molecule has 4 bridgehead atoms. The van der Waals surface area contributed by atoms with Gasteiger partial charge in [0.1, 0.15) is 0 Å². The normalized spacial score (nSPS) is 55.7. The van der Waals surface area contributed by atoms with E-state index in [0.717, 1.165) is 30.2 Å². The van der Waals surface area contributed by atoms with Crippen LogP contribution in [0.3, 0.4) is 0 Å². The van der Waals surface area contributed by atoms with Crippen LogP contribution < -0.4 is 5.32 Å². The second-order valence-corrected chi connectivity index (χ2v) is 6.13. The molecule has 0 aromatic heterocycles. The molecule has 0 aromatic rings. The Labute approximate surface area is 87.3 Å². The largest absolute Gasteiger partial charge is 0.319 e. The van der Waals surface area contributed by atoms with Gasteiger partial charge in [-0.05, 0) is 13.8 Å². The molecule has 0 atom stereocenters. The Bertz CT molecular complexity index is 219. The van der Waals surface area contributed by atoms with Gasteiger partial charge >= 0.3 is 0 Å². The zero-order valence-corrected chi connectivity index (χ0v) is 9.66. The summed E-state index contributed by atoms with van der Waals surface area (Å²) in [7, 11) is 2.51. The van der Waals surface area contributed by atoms with Crippen LogP contribution in [0, 0.1) is 0 Å². The Morgan fingerprint density at radius 2 is 1.43 bits per heavy atom. The summed E-state index contributed by atoms with van der Waals surface area (Å²) in [6, 6.07) is 4.45. The van der Waals surface area contributed by atoms with E-state index < -0.39 is 0 Å². The molecule has 4 aliphatic heterocycles. The molecule has 0 amide bonds. The molecule has 2 nitrogen and oxygen atoms in total. The Kier molecular flexibility index (Phi) is 1.79. The molecule has 4 fully saturated rings. The summed E-state index contributed by atoms with van der Waals surface area (Å²) in [4.78, 5) is 0. The van der Waals surface area contributed by atoms with Crippen molar-refractivity contribution in [3.63, 3.8) is 0 Å². The van der Waals surface area contributed by atoms with Crippen LogP contribution in [0.2, 0.25) is 0 Å². The summed E-state index contributed by atoms with van der Waals surface area (Å²) in [5.74, 6) is 0. The molecule has 14 heavy (non-hydrogen) atoms. The van der Waals surface area contributed by atoms with Crippen molar-refractivity contribution in [1.82, 2.24) is 5.32 Å². The molecule has 0 radical (unpaired) electrons. The van der Waals surface area contributed by atoms with Crippen molar-refractivity contribution in [3.8, 4) is 0 Å². The van der Waals surface area contributed by atoms with Crippen LogP contribution in [-0.4, -0.2) is 41.7 Å². The Hall–Kier alpha value is -0.0800. The first kappa shape index (κ1) is 9.17. The van der Waals surface area contributed by atoms with Crippen molar-refractivity contribution < 1.29 is 4.48 Å². The average molecular weight is 195 g/mol. The first-order chi connectivity index (χ1) is 6.60. The average Bonchev–Trinajstić information content (AvgIpc) is 2.12. The molecule has 0 aromatic carbocycles. The van der Waals surface area contributed by atoms with E-state index in [4.69, 9.17) is 0 Å². The smallest absolute Gasteiger partial charge is 0.0922 e. The lowest BCUT2D eigenvalue weighted by atomic mass is 9.72. The molecular weight excluding hydrogens is 172 g/mol. The molecule has 80 valence electrons. The third-order valence-electron chi connectivity index (χ3n) is 5.38. The summed E-state index contributed by atoms with van der Waals surface area (Å²) in [5, 5.41) is 3.78. The monoisotopic (exact) mass is 195 g/mol. The van der Waals surface area contributed by atoms with Gasteiger partial charge in [0.25, 0.3) is 0 Å². The van der Waals surface area contributed by atoms with Crippen molar-refractivity contribution in [2.75, 3.05) is 7.05 Å². The number of nitrogens with zero attached hydrogens (tertiary/aromatic N) is 1. The molecule has 4 rings (SSSR count). The van der Waals surface area contributed by atoms with E-state index in [2.05, 4.69) is 26.2 Å². The quantitative estimate of drug-likeness (QED) is 0.625. The van der Waals surface area contributed by atoms with E-state index in [-0.39, 0.29) is 0 Å². The molecule has 1 N–H and O–H groups in total. The van der Waals surface area contributed by atoms with Crippen LogP contribution in [0.1, 0.15) is 39.5 Å². The summed E-state index contributed by atoms with van der Waals surface area (Å²) >= 11 is 0. The Morgan fingerprint density at radius 3 is 1.79 bits per heavy atom. The second kappa shape index (κ2) is 2.73. The van der Waals surface area contributed by atoms with Crippen LogP contribution in [0.5, 0.6) is 0 Å². The Balaban J connectivity index is 1.94. The first-order valence-electron chi connectivity index (χ1n) is 6.22. The fourth-order valence-electron chi connectivity index (χ4n) is 4.35. The highest BCUT2D eigenvalue weighted by Crippen LogP contribution is 2.44. The standard InChI is InChI=1S/C12H23N2/c1-8(2)14(3)11-4-9-5-12(14)7-10(6-11)13-9/h8-13H,4-7H2,1-3H3/q+1. The van der Waals surface area contributed by atoms with Gasteiger partial charge in [-0.1, -0.05) is 0 Å². The van der Waals surface area contributed by atoms with Gasteiger partial charge in [-0.3, -0.25) is 0 Å². The minimum Gasteiger partial charge on any atom is -0.319 e. The molecule has 0 aliphatic carbocycles. The molecule has 0 saturated carbocycles. The summed E-state index contributed by atoms with van der Waals surface area (Å²) in [6.45, 7) is 4.82. The highest BCUT2D eigenvalue weighted by Gasteiger charge is 2.56. The first-order valence-corrected chi connectivity index (χ1v) is 6.22. The van der Waals surface area contributed by atoms with Crippen LogP contribution in [0.25, 0.3) is 0 Å². The lowest BCUT2D eigenvalue weighted by Gasteiger charge is -2.63. The minimum atomic E-state index is 0.810. The molecular formula is C12H23N2+. The molecule has 0 spiro atoms.